The van der Waals surface area contributed by atoms with Gasteiger partial charge in [-0.2, -0.15) is 0 Å². The van der Waals surface area contributed by atoms with Crippen molar-refractivity contribution in [1.29, 1.82) is 0 Å². The van der Waals surface area contributed by atoms with Crippen LogP contribution in [-0.2, 0) is 21.2 Å². The fraction of sp³-hybridized carbons (Fsp3) is 0.591. The minimum atomic E-state index is -3.52. The van der Waals surface area contributed by atoms with E-state index in [2.05, 4.69) is 34.7 Å². The van der Waals surface area contributed by atoms with Crippen molar-refractivity contribution in [3.8, 4) is 0 Å². The summed E-state index contributed by atoms with van der Waals surface area (Å²) in [6.45, 7) is 0. The summed E-state index contributed by atoms with van der Waals surface area (Å²) in [5.74, 6) is -0.891. The molecule has 0 saturated heterocycles. The van der Waals surface area contributed by atoms with E-state index in [9.17, 15) is 28.5 Å². The number of carbonyl (C=O) groups excluding carboxylic acids is 1. The quantitative estimate of drug-likeness (QED) is 0.167. The molecule has 180 valence electrons. The summed E-state index contributed by atoms with van der Waals surface area (Å²) < 4.78 is 25.2. The molecule has 32 heavy (non-hydrogen) atoms. The van der Waals surface area contributed by atoms with Gasteiger partial charge in [0.1, 0.15) is 0 Å². The second-order valence-electron chi connectivity index (χ2n) is 8.21. The van der Waals surface area contributed by atoms with E-state index in [4.69, 9.17) is 0 Å². The molecule has 0 unspecified atom stereocenters. The van der Waals surface area contributed by atoms with Gasteiger partial charge in [-0.3, -0.25) is 9.52 Å². The molecule has 2 rings (SSSR count). The lowest BCUT2D eigenvalue weighted by atomic mass is 9.89. The minimum Gasteiger partial charge on any atom is -0.393 e. The van der Waals surface area contributed by atoms with Crippen molar-refractivity contribution in [2.45, 2.75) is 63.3 Å². The summed E-state index contributed by atoms with van der Waals surface area (Å²) in [6, 6.07) is 4.13. The van der Waals surface area contributed by atoms with Gasteiger partial charge in [-0.1, -0.05) is 24.3 Å². The lowest BCUT2D eigenvalue weighted by Crippen LogP contribution is -2.28. The Morgan fingerprint density at radius 1 is 1.31 bits per heavy atom. The Hall–Kier alpha value is -0.790. The molecule has 10 heteroatoms. The first-order chi connectivity index (χ1) is 15.0. The standard InChI is InChI=1S/C22H32INO6S2/c1-32(29,30)24-22(28)7-5-3-2-4-6-17-18(20(27)14-19(17)26)12-9-15(25)8-10-16-11-13-21(23)31-16/h2,4,9,11-13,15,17-20,25-27H,3,5-8,10,14H2,1H3,(H,24,28)/b4-2-,12-9+/t15-,17+,18+,19-,20+/m0/s1. The summed E-state index contributed by atoms with van der Waals surface area (Å²) in [5.41, 5.74) is 0. The zero-order valence-electron chi connectivity index (χ0n) is 18.1. The number of rotatable bonds is 12. The van der Waals surface area contributed by atoms with Crippen LogP contribution in [0.5, 0.6) is 0 Å². The molecule has 1 aromatic heterocycles. The monoisotopic (exact) mass is 597 g/mol. The maximum atomic E-state index is 11.5. The second kappa shape index (κ2) is 13.2. The van der Waals surface area contributed by atoms with Gasteiger partial charge < -0.3 is 15.3 Å². The molecule has 0 spiro atoms. The average molecular weight is 598 g/mol. The van der Waals surface area contributed by atoms with Gasteiger partial charge in [0.05, 0.1) is 27.5 Å². The van der Waals surface area contributed by atoms with Crippen LogP contribution in [0.2, 0.25) is 0 Å². The summed E-state index contributed by atoms with van der Waals surface area (Å²) in [5, 5.41) is 31.0. The molecule has 0 bridgehead atoms. The lowest BCUT2D eigenvalue weighted by Gasteiger charge is -2.19. The highest BCUT2D eigenvalue weighted by atomic mass is 127. The fourth-order valence-electron chi connectivity index (χ4n) is 3.84. The molecule has 4 N–H and O–H groups in total. The minimum absolute atomic E-state index is 0.121. The van der Waals surface area contributed by atoms with Gasteiger partial charge in [0.15, 0.2) is 0 Å². The summed E-state index contributed by atoms with van der Waals surface area (Å²) in [4.78, 5) is 12.7. The smallest absolute Gasteiger partial charge is 0.233 e. The van der Waals surface area contributed by atoms with E-state index >= 15 is 0 Å². The van der Waals surface area contributed by atoms with Crippen LogP contribution in [0.1, 0.15) is 43.4 Å². The van der Waals surface area contributed by atoms with Crippen LogP contribution < -0.4 is 4.72 Å². The number of carbonyl (C=O) groups is 1. The molecule has 1 saturated carbocycles. The Kier molecular flexibility index (Phi) is 11.3. The van der Waals surface area contributed by atoms with Gasteiger partial charge in [-0.15, -0.1) is 11.3 Å². The van der Waals surface area contributed by atoms with E-state index in [0.29, 0.717) is 32.1 Å². The molecule has 1 heterocycles. The topological polar surface area (TPSA) is 124 Å². The van der Waals surface area contributed by atoms with Crippen LogP contribution >= 0.6 is 33.9 Å². The Morgan fingerprint density at radius 3 is 2.72 bits per heavy atom. The average Bonchev–Trinajstić information content (AvgIpc) is 3.22. The van der Waals surface area contributed by atoms with E-state index in [0.717, 1.165) is 12.7 Å². The van der Waals surface area contributed by atoms with Crippen molar-refractivity contribution in [3.63, 3.8) is 0 Å². The van der Waals surface area contributed by atoms with E-state index in [1.807, 2.05) is 23.0 Å². The van der Waals surface area contributed by atoms with Crippen molar-refractivity contribution in [3.05, 3.63) is 44.2 Å². The van der Waals surface area contributed by atoms with Crippen LogP contribution in [0.25, 0.3) is 0 Å². The Morgan fingerprint density at radius 2 is 2.06 bits per heavy atom. The molecule has 1 aliphatic rings. The predicted octanol–water partition coefficient (Wildman–Crippen LogP) is 2.75. The number of nitrogens with one attached hydrogen (secondary N) is 1. The third-order valence-electron chi connectivity index (χ3n) is 5.44. The van der Waals surface area contributed by atoms with Gasteiger partial charge in [-0.05, 0) is 72.7 Å². The third-order valence-corrected chi connectivity index (χ3v) is 7.99. The van der Waals surface area contributed by atoms with E-state index in [1.54, 1.807) is 17.4 Å². The van der Waals surface area contributed by atoms with Crippen molar-refractivity contribution in [2.75, 3.05) is 6.26 Å². The second-order valence-corrected chi connectivity index (χ2v) is 13.0. The number of halogens is 1. The van der Waals surface area contributed by atoms with Crippen molar-refractivity contribution in [2.24, 2.45) is 11.8 Å². The molecule has 1 aromatic rings. The van der Waals surface area contributed by atoms with E-state index < -0.39 is 34.2 Å². The molecule has 1 fully saturated rings. The Labute approximate surface area is 207 Å². The lowest BCUT2D eigenvalue weighted by molar-refractivity contribution is -0.119. The zero-order chi connectivity index (χ0) is 23.7. The van der Waals surface area contributed by atoms with E-state index in [1.165, 1.54) is 7.76 Å². The van der Waals surface area contributed by atoms with Crippen LogP contribution in [0.4, 0.5) is 0 Å². The van der Waals surface area contributed by atoms with Crippen molar-refractivity contribution >= 4 is 49.9 Å². The number of amides is 1. The summed E-state index contributed by atoms with van der Waals surface area (Å²) in [6.07, 6.45) is 10.0. The number of allylic oxidation sites excluding steroid dienone is 2. The third kappa shape index (κ3) is 10.0. The number of hydrogen-bond donors (Lipinski definition) is 4. The SMILES string of the molecule is CS(=O)(=O)NC(=O)CCC/C=C\C[C@@H]1[C@@H](/C=C/[C@@H](O)CCc2ccc(I)s2)[C@H](O)C[C@@H]1O. The van der Waals surface area contributed by atoms with E-state index in [-0.39, 0.29) is 18.3 Å². The fourth-order valence-corrected chi connectivity index (χ4v) is 6.13. The number of hydrogen-bond acceptors (Lipinski definition) is 7. The summed E-state index contributed by atoms with van der Waals surface area (Å²) >= 11 is 3.99. The Bertz CT molecular complexity index is 898. The molecular weight excluding hydrogens is 565 g/mol. The van der Waals surface area contributed by atoms with Gasteiger partial charge >= 0.3 is 0 Å². The number of unbranched alkanes of at least 4 members (excludes halogenated alkanes) is 1. The van der Waals surface area contributed by atoms with Crippen LogP contribution in [0.3, 0.4) is 0 Å². The van der Waals surface area contributed by atoms with Crippen molar-refractivity contribution in [1.82, 2.24) is 4.72 Å². The van der Waals surface area contributed by atoms with Crippen LogP contribution in [0, 0.1) is 14.7 Å². The molecule has 5 atom stereocenters. The molecule has 0 aliphatic heterocycles. The van der Waals surface area contributed by atoms with Gasteiger partial charge in [0, 0.05) is 23.6 Å². The van der Waals surface area contributed by atoms with Gasteiger partial charge in [-0.25, -0.2) is 8.42 Å². The number of sulfonamides is 1. The number of thiophene rings is 1. The molecule has 0 aromatic carbocycles. The maximum absolute atomic E-state index is 11.5. The molecule has 1 amide bonds. The Balaban J connectivity index is 1.77. The largest absolute Gasteiger partial charge is 0.393 e. The first-order valence-electron chi connectivity index (χ1n) is 10.7. The molecule has 0 radical (unpaired) electrons. The van der Waals surface area contributed by atoms with Crippen LogP contribution in [0.15, 0.2) is 36.4 Å². The zero-order valence-corrected chi connectivity index (χ0v) is 21.9. The number of aliphatic hydroxyl groups is 3. The maximum Gasteiger partial charge on any atom is 0.233 e. The van der Waals surface area contributed by atoms with Gasteiger partial charge in [0.2, 0.25) is 15.9 Å². The highest BCUT2D eigenvalue weighted by Gasteiger charge is 2.39. The first kappa shape index (κ1) is 27.5. The highest BCUT2D eigenvalue weighted by Crippen LogP contribution is 2.36. The van der Waals surface area contributed by atoms with Crippen molar-refractivity contribution < 1.29 is 28.5 Å². The number of aliphatic hydroxyl groups excluding tert-OH is 3. The molecular formula is C22H32INO6S2. The van der Waals surface area contributed by atoms with Crippen LogP contribution in [-0.4, -0.2) is 54.2 Å². The number of aryl methyl sites for hydroxylation is 1. The van der Waals surface area contributed by atoms with Gasteiger partial charge in [0.25, 0.3) is 0 Å². The molecule has 1 aliphatic carbocycles. The normalized spacial score (nSPS) is 25.0. The first-order valence-corrected chi connectivity index (χ1v) is 14.5. The predicted molar refractivity (Wildman–Crippen MR) is 135 cm³/mol. The summed E-state index contributed by atoms with van der Waals surface area (Å²) in [7, 11) is -3.52. The molecule has 7 nitrogen and oxygen atoms in total. The highest BCUT2D eigenvalue weighted by molar-refractivity contribution is 14.1.